The summed E-state index contributed by atoms with van der Waals surface area (Å²) in [5, 5.41) is 0. The predicted octanol–water partition coefficient (Wildman–Crippen LogP) is 2.77. The first-order valence-electron chi connectivity index (χ1n) is 7.18. The van der Waals surface area contributed by atoms with Crippen LogP contribution in [0, 0.1) is 0 Å². The van der Waals surface area contributed by atoms with Crippen molar-refractivity contribution in [2.24, 2.45) is 0 Å². The SMILES string of the molecule is COc1ccc(CN(C)C(=O)/C=C/c2cccnc2)cc1OC. The van der Waals surface area contributed by atoms with Crippen molar-refractivity contribution in [1.29, 1.82) is 0 Å². The molecule has 1 heterocycles. The Labute approximate surface area is 136 Å². The fourth-order valence-corrected chi connectivity index (χ4v) is 2.10. The Hall–Kier alpha value is -2.82. The normalized spacial score (nSPS) is 10.6. The topological polar surface area (TPSA) is 51.7 Å². The minimum atomic E-state index is -0.0800. The van der Waals surface area contributed by atoms with E-state index in [2.05, 4.69) is 4.98 Å². The van der Waals surface area contributed by atoms with E-state index in [-0.39, 0.29) is 5.91 Å². The first kappa shape index (κ1) is 16.5. The lowest BCUT2D eigenvalue weighted by Gasteiger charge is -2.16. The van der Waals surface area contributed by atoms with E-state index < -0.39 is 0 Å². The Kier molecular flexibility index (Phi) is 5.74. The molecule has 0 N–H and O–H groups in total. The maximum atomic E-state index is 12.2. The number of rotatable bonds is 6. The molecule has 0 aliphatic carbocycles. The van der Waals surface area contributed by atoms with E-state index in [1.165, 1.54) is 6.08 Å². The standard InChI is InChI=1S/C18H20N2O3/c1-20(18(21)9-7-14-5-4-10-19-12-14)13-15-6-8-16(22-2)17(11-15)23-3/h4-12H,13H2,1-3H3/b9-7+. The molecule has 1 aromatic heterocycles. The van der Waals surface area contributed by atoms with Crippen molar-refractivity contribution in [1.82, 2.24) is 9.88 Å². The lowest BCUT2D eigenvalue weighted by Crippen LogP contribution is -2.24. The van der Waals surface area contributed by atoms with E-state index in [1.54, 1.807) is 44.6 Å². The van der Waals surface area contributed by atoms with Gasteiger partial charge in [0, 0.05) is 32.1 Å². The maximum Gasteiger partial charge on any atom is 0.246 e. The molecule has 2 aromatic rings. The second-order valence-electron chi connectivity index (χ2n) is 5.00. The van der Waals surface area contributed by atoms with Crippen LogP contribution in [0.1, 0.15) is 11.1 Å². The molecule has 2 rings (SSSR count). The summed E-state index contributed by atoms with van der Waals surface area (Å²) in [4.78, 5) is 17.8. The molecule has 120 valence electrons. The summed E-state index contributed by atoms with van der Waals surface area (Å²) in [7, 11) is 4.94. The van der Waals surface area contributed by atoms with Crippen LogP contribution in [-0.4, -0.2) is 37.1 Å². The third kappa shape index (κ3) is 4.57. The molecular formula is C18H20N2O3. The number of amides is 1. The van der Waals surface area contributed by atoms with Crippen LogP contribution < -0.4 is 9.47 Å². The van der Waals surface area contributed by atoms with E-state index in [0.717, 1.165) is 11.1 Å². The van der Waals surface area contributed by atoms with Gasteiger partial charge in [0.05, 0.1) is 14.2 Å². The maximum absolute atomic E-state index is 12.2. The van der Waals surface area contributed by atoms with Gasteiger partial charge in [-0.2, -0.15) is 0 Å². The second kappa shape index (κ2) is 7.98. The van der Waals surface area contributed by atoms with Gasteiger partial charge >= 0.3 is 0 Å². The molecule has 0 aliphatic heterocycles. The number of carbonyl (C=O) groups is 1. The van der Waals surface area contributed by atoms with Crippen molar-refractivity contribution in [3.05, 3.63) is 59.9 Å². The molecule has 23 heavy (non-hydrogen) atoms. The Morgan fingerprint density at radius 2 is 2.00 bits per heavy atom. The average Bonchev–Trinajstić information content (AvgIpc) is 2.60. The van der Waals surface area contributed by atoms with Crippen LogP contribution in [0.25, 0.3) is 6.08 Å². The molecule has 0 unspecified atom stereocenters. The van der Waals surface area contributed by atoms with Crippen molar-refractivity contribution in [2.75, 3.05) is 21.3 Å². The quantitative estimate of drug-likeness (QED) is 0.770. The van der Waals surface area contributed by atoms with Gasteiger partial charge in [0.25, 0.3) is 0 Å². The fraction of sp³-hybridized carbons (Fsp3) is 0.222. The highest BCUT2D eigenvalue weighted by atomic mass is 16.5. The molecule has 1 amide bonds. The van der Waals surface area contributed by atoms with Crippen LogP contribution in [0.3, 0.4) is 0 Å². The van der Waals surface area contributed by atoms with E-state index in [4.69, 9.17) is 9.47 Å². The van der Waals surface area contributed by atoms with E-state index >= 15 is 0 Å². The molecular weight excluding hydrogens is 292 g/mol. The lowest BCUT2D eigenvalue weighted by atomic mass is 10.2. The van der Waals surface area contributed by atoms with Crippen LogP contribution in [0.5, 0.6) is 11.5 Å². The van der Waals surface area contributed by atoms with E-state index in [0.29, 0.717) is 18.0 Å². The van der Waals surface area contributed by atoms with Gasteiger partial charge in [-0.25, -0.2) is 0 Å². The Morgan fingerprint density at radius 3 is 2.65 bits per heavy atom. The smallest absolute Gasteiger partial charge is 0.246 e. The Balaban J connectivity index is 2.02. The summed E-state index contributed by atoms with van der Waals surface area (Å²) in [6.07, 6.45) is 6.69. The highest BCUT2D eigenvalue weighted by molar-refractivity contribution is 5.91. The molecule has 5 heteroatoms. The lowest BCUT2D eigenvalue weighted by molar-refractivity contribution is -0.125. The zero-order chi connectivity index (χ0) is 16.7. The van der Waals surface area contributed by atoms with E-state index in [1.807, 2.05) is 30.3 Å². The molecule has 0 aliphatic rings. The molecule has 1 aromatic carbocycles. The van der Waals surface area contributed by atoms with Crippen LogP contribution in [-0.2, 0) is 11.3 Å². The summed E-state index contributed by atoms with van der Waals surface area (Å²) < 4.78 is 10.5. The number of benzene rings is 1. The Bertz CT molecular complexity index is 684. The molecule has 0 spiro atoms. The van der Waals surface area contributed by atoms with Gasteiger partial charge in [0.2, 0.25) is 5.91 Å². The Morgan fingerprint density at radius 1 is 1.22 bits per heavy atom. The summed E-state index contributed by atoms with van der Waals surface area (Å²) in [5.41, 5.74) is 1.86. The number of carbonyl (C=O) groups excluding carboxylic acids is 1. The number of hydrogen-bond acceptors (Lipinski definition) is 4. The third-order valence-corrected chi connectivity index (χ3v) is 3.35. The van der Waals surface area contributed by atoms with Crippen LogP contribution in [0.4, 0.5) is 0 Å². The molecule has 0 atom stereocenters. The number of nitrogens with zero attached hydrogens (tertiary/aromatic N) is 2. The summed E-state index contributed by atoms with van der Waals surface area (Å²) in [5.74, 6) is 1.24. The molecule has 0 saturated carbocycles. The summed E-state index contributed by atoms with van der Waals surface area (Å²) >= 11 is 0. The summed E-state index contributed by atoms with van der Waals surface area (Å²) in [6, 6.07) is 9.34. The van der Waals surface area contributed by atoms with Gasteiger partial charge in [-0.15, -0.1) is 0 Å². The van der Waals surface area contributed by atoms with E-state index in [9.17, 15) is 4.79 Å². The van der Waals surface area contributed by atoms with Crippen LogP contribution in [0.2, 0.25) is 0 Å². The first-order valence-corrected chi connectivity index (χ1v) is 7.18. The van der Waals surface area contributed by atoms with Crippen molar-refractivity contribution < 1.29 is 14.3 Å². The minimum absolute atomic E-state index is 0.0800. The molecule has 0 bridgehead atoms. The number of hydrogen-bond donors (Lipinski definition) is 0. The fourth-order valence-electron chi connectivity index (χ4n) is 2.10. The van der Waals surface area contributed by atoms with Crippen LogP contribution >= 0.6 is 0 Å². The third-order valence-electron chi connectivity index (χ3n) is 3.35. The number of methoxy groups -OCH3 is 2. The van der Waals surface area contributed by atoms with Gasteiger partial charge in [-0.3, -0.25) is 9.78 Å². The number of pyridine rings is 1. The molecule has 0 saturated heterocycles. The van der Waals surface area contributed by atoms with Crippen molar-refractivity contribution in [3.8, 4) is 11.5 Å². The average molecular weight is 312 g/mol. The largest absolute Gasteiger partial charge is 0.493 e. The van der Waals surface area contributed by atoms with Gasteiger partial charge in [-0.05, 0) is 35.4 Å². The number of ether oxygens (including phenoxy) is 2. The van der Waals surface area contributed by atoms with Crippen molar-refractivity contribution >= 4 is 12.0 Å². The monoisotopic (exact) mass is 312 g/mol. The van der Waals surface area contributed by atoms with Gasteiger partial charge in [0.15, 0.2) is 11.5 Å². The molecule has 5 nitrogen and oxygen atoms in total. The zero-order valence-corrected chi connectivity index (χ0v) is 13.5. The van der Waals surface area contributed by atoms with Crippen LogP contribution in [0.15, 0.2) is 48.8 Å². The van der Waals surface area contributed by atoms with Gasteiger partial charge in [0.1, 0.15) is 0 Å². The van der Waals surface area contributed by atoms with Crippen molar-refractivity contribution in [3.63, 3.8) is 0 Å². The van der Waals surface area contributed by atoms with Crippen molar-refractivity contribution in [2.45, 2.75) is 6.54 Å². The number of likely N-dealkylation sites (N-methyl/N-ethyl adjacent to an activating group) is 1. The minimum Gasteiger partial charge on any atom is -0.493 e. The molecule has 0 radical (unpaired) electrons. The van der Waals surface area contributed by atoms with Gasteiger partial charge < -0.3 is 14.4 Å². The summed E-state index contributed by atoms with van der Waals surface area (Å²) in [6.45, 7) is 0.483. The highest BCUT2D eigenvalue weighted by Gasteiger charge is 2.09. The zero-order valence-electron chi connectivity index (χ0n) is 13.5. The number of aromatic nitrogens is 1. The first-order chi connectivity index (χ1) is 11.1. The van der Waals surface area contributed by atoms with Gasteiger partial charge in [-0.1, -0.05) is 12.1 Å². The highest BCUT2D eigenvalue weighted by Crippen LogP contribution is 2.27. The second-order valence-corrected chi connectivity index (χ2v) is 5.00. The molecule has 0 fully saturated rings. The predicted molar refractivity (Wildman–Crippen MR) is 89.3 cm³/mol.